The predicted molar refractivity (Wildman–Crippen MR) is 96.4 cm³/mol. The summed E-state index contributed by atoms with van der Waals surface area (Å²) < 4.78 is 13.6. The summed E-state index contributed by atoms with van der Waals surface area (Å²) >= 11 is 0. The second kappa shape index (κ2) is 8.56. The van der Waals surface area contributed by atoms with Gasteiger partial charge in [-0.1, -0.05) is 31.0 Å². The maximum atomic E-state index is 13.6. The van der Waals surface area contributed by atoms with E-state index in [-0.39, 0.29) is 23.7 Å². The third kappa shape index (κ3) is 4.65. The van der Waals surface area contributed by atoms with Crippen LogP contribution in [0.25, 0.3) is 0 Å². The molecule has 0 unspecified atom stereocenters. The van der Waals surface area contributed by atoms with E-state index in [1.54, 1.807) is 18.2 Å². The van der Waals surface area contributed by atoms with E-state index in [1.165, 1.54) is 24.5 Å². The molecule has 1 heterocycles. The van der Waals surface area contributed by atoms with Gasteiger partial charge in [-0.2, -0.15) is 0 Å². The molecule has 0 radical (unpaired) electrons. The highest BCUT2D eigenvalue weighted by atomic mass is 19.1. The number of pyridine rings is 1. The Morgan fingerprint density at radius 3 is 2.50 bits per heavy atom. The van der Waals surface area contributed by atoms with Crippen LogP contribution in [0.15, 0.2) is 42.7 Å². The molecule has 2 amide bonds. The minimum atomic E-state index is -0.329. The van der Waals surface area contributed by atoms with Crippen molar-refractivity contribution >= 4 is 11.8 Å². The van der Waals surface area contributed by atoms with Gasteiger partial charge in [-0.25, -0.2) is 4.39 Å². The summed E-state index contributed by atoms with van der Waals surface area (Å²) in [7, 11) is 0. The molecule has 5 nitrogen and oxygen atoms in total. The Morgan fingerprint density at radius 2 is 1.77 bits per heavy atom. The molecule has 1 fully saturated rings. The summed E-state index contributed by atoms with van der Waals surface area (Å²) in [6, 6.07) is 8.22. The molecular formula is C20H22FN3O2. The predicted octanol–water partition coefficient (Wildman–Crippen LogP) is 2.87. The van der Waals surface area contributed by atoms with Crippen LogP contribution in [-0.4, -0.2) is 29.4 Å². The van der Waals surface area contributed by atoms with Crippen molar-refractivity contribution in [2.45, 2.75) is 38.1 Å². The summed E-state index contributed by atoms with van der Waals surface area (Å²) in [5, 5.41) is 5.72. The van der Waals surface area contributed by atoms with Gasteiger partial charge >= 0.3 is 0 Å². The maximum absolute atomic E-state index is 13.6. The van der Waals surface area contributed by atoms with Crippen molar-refractivity contribution in [2.24, 2.45) is 0 Å². The highest BCUT2D eigenvalue weighted by Crippen LogP contribution is 2.18. The van der Waals surface area contributed by atoms with Gasteiger partial charge in [0.15, 0.2) is 0 Å². The lowest BCUT2D eigenvalue weighted by molar-refractivity contribution is 0.0937. The lowest BCUT2D eigenvalue weighted by atomic mass is 10.1. The van der Waals surface area contributed by atoms with Crippen molar-refractivity contribution < 1.29 is 14.0 Å². The van der Waals surface area contributed by atoms with Crippen LogP contribution in [-0.2, 0) is 6.42 Å². The van der Waals surface area contributed by atoms with Gasteiger partial charge in [0.25, 0.3) is 11.8 Å². The van der Waals surface area contributed by atoms with E-state index in [9.17, 15) is 14.0 Å². The Morgan fingerprint density at radius 1 is 1.08 bits per heavy atom. The monoisotopic (exact) mass is 355 g/mol. The van der Waals surface area contributed by atoms with Crippen LogP contribution in [0.1, 0.15) is 52.0 Å². The molecule has 2 N–H and O–H groups in total. The number of hydrogen-bond donors (Lipinski definition) is 2. The highest BCUT2D eigenvalue weighted by Gasteiger charge is 2.19. The molecule has 1 aliphatic rings. The fraction of sp³-hybridized carbons (Fsp3) is 0.350. The Hall–Kier alpha value is -2.76. The molecule has 26 heavy (non-hydrogen) atoms. The molecule has 3 rings (SSSR count). The number of halogens is 1. The number of nitrogens with one attached hydrogen (secondary N) is 2. The van der Waals surface area contributed by atoms with E-state index in [4.69, 9.17) is 0 Å². The molecule has 0 aliphatic heterocycles. The van der Waals surface area contributed by atoms with Gasteiger partial charge in [-0.05, 0) is 37.0 Å². The number of nitrogens with zero attached hydrogens (tertiary/aromatic N) is 1. The first kappa shape index (κ1) is 18.0. The van der Waals surface area contributed by atoms with Crippen molar-refractivity contribution in [3.8, 4) is 0 Å². The van der Waals surface area contributed by atoms with Crippen LogP contribution in [0.4, 0.5) is 4.39 Å². The third-order valence-electron chi connectivity index (χ3n) is 4.59. The smallest absolute Gasteiger partial charge is 0.253 e. The van der Waals surface area contributed by atoms with Gasteiger partial charge in [0.2, 0.25) is 0 Å². The number of carbonyl (C=O) groups excluding carboxylic acids is 2. The molecule has 1 aromatic heterocycles. The Kier molecular flexibility index (Phi) is 5.94. The normalized spacial score (nSPS) is 14.2. The van der Waals surface area contributed by atoms with E-state index in [0.29, 0.717) is 29.7 Å². The third-order valence-corrected chi connectivity index (χ3v) is 4.59. The minimum Gasteiger partial charge on any atom is -0.352 e. The number of benzene rings is 1. The van der Waals surface area contributed by atoms with Crippen molar-refractivity contribution in [3.63, 3.8) is 0 Å². The topological polar surface area (TPSA) is 71.1 Å². The van der Waals surface area contributed by atoms with Gasteiger partial charge in [0.1, 0.15) is 5.82 Å². The fourth-order valence-electron chi connectivity index (χ4n) is 3.14. The molecule has 0 atom stereocenters. The van der Waals surface area contributed by atoms with E-state index < -0.39 is 0 Å². The lowest BCUT2D eigenvalue weighted by Gasteiger charge is -2.12. The van der Waals surface area contributed by atoms with Crippen molar-refractivity contribution in [3.05, 3.63) is 65.2 Å². The zero-order valence-electron chi connectivity index (χ0n) is 14.5. The van der Waals surface area contributed by atoms with E-state index in [0.717, 1.165) is 25.7 Å². The SMILES string of the molecule is O=C(NCCc1ccccc1F)c1cncc(C(=O)NC2CCCC2)c1. The zero-order valence-corrected chi connectivity index (χ0v) is 14.5. The second-order valence-electron chi connectivity index (χ2n) is 6.51. The van der Waals surface area contributed by atoms with Crippen molar-refractivity contribution in [2.75, 3.05) is 6.54 Å². The van der Waals surface area contributed by atoms with E-state index in [2.05, 4.69) is 15.6 Å². The molecular weight excluding hydrogens is 333 g/mol. The highest BCUT2D eigenvalue weighted by molar-refractivity contribution is 5.99. The number of carbonyl (C=O) groups is 2. The van der Waals surface area contributed by atoms with Crippen LogP contribution >= 0.6 is 0 Å². The summed E-state index contributed by atoms with van der Waals surface area (Å²) in [4.78, 5) is 28.6. The van der Waals surface area contributed by atoms with E-state index in [1.807, 2.05) is 0 Å². The van der Waals surface area contributed by atoms with Gasteiger partial charge in [0, 0.05) is 25.0 Å². The van der Waals surface area contributed by atoms with Gasteiger partial charge < -0.3 is 10.6 Å². The summed E-state index contributed by atoms with van der Waals surface area (Å²) in [5.41, 5.74) is 1.24. The molecule has 136 valence electrons. The van der Waals surface area contributed by atoms with Gasteiger partial charge in [-0.15, -0.1) is 0 Å². The Balaban J connectivity index is 1.55. The molecule has 6 heteroatoms. The van der Waals surface area contributed by atoms with Gasteiger partial charge in [0.05, 0.1) is 11.1 Å². The Labute approximate surface area is 152 Å². The quantitative estimate of drug-likeness (QED) is 0.837. The van der Waals surface area contributed by atoms with Crippen LogP contribution in [0.5, 0.6) is 0 Å². The van der Waals surface area contributed by atoms with E-state index >= 15 is 0 Å². The summed E-state index contributed by atoms with van der Waals surface area (Å²) in [6.07, 6.45) is 7.53. The average Bonchev–Trinajstić information content (AvgIpc) is 3.16. The number of rotatable bonds is 6. The van der Waals surface area contributed by atoms with Crippen LogP contribution in [0.3, 0.4) is 0 Å². The first-order chi connectivity index (χ1) is 12.6. The first-order valence-electron chi connectivity index (χ1n) is 8.91. The fourth-order valence-corrected chi connectivity index (χ4v) is 3.14. The number of amides is 2. The Bertz CT molecular complexity index is 788. The van der Waals surface area contributed by atoms with Crippen LogP contribution < -0.4 is 10.6 Å². The molecule has 0 spiro atoms. The average molecular weight is 355 g/mol. The second-order valence-corrected chi connectivity index (χ2v) is 6.51. The molecule has 2 aromatic rings. The maximum Gasteiger partial charge on any atom is 0.253 e. The number of hydrogen-bond acceptors (Lipinski definition) is 3. The zero-order chi connectivity index (χ0) is 18.4. The standard InChI is InChI=1S/C20H22FN3O2/c21-18-8-4-1-5-14(18)9-10-23-19(25)15-11-16(13-22-12-15)20(26)24-17-6-2-3-7-17/h1,4-5,8,11-13,17H,2-3,6-7,9-10H2,(H,23,25)(H,24,26). The van der Waals surface area contributed by atoms with Crippen molar-refractivity contribution in [1.29, 1.82) is 0 Å². The first-order valence-corrected chi connectivity index (χ1v) is 8.91. The number of aromatic nitrogens is 1. The van der Waals surface area contributed by atoms with Crippen LogP contribution in [0, 0.1) is 5.82 Å². The minimum absolute atomic E-state index is 0.203. The molecule has 1 aromatic carbocycles. The van der Waals surface area contributed by atoms with Crippen molar-refractivity contribution in [1.82, 2.24) is 15.6 Å². The van der Waals surface area contributed by atoms with Gasteiger partial charge in [-0.3, -0.25) is 14.6 Å². The summed E-state index contributed by atoms with van der Waals surface area (Å²) in [5.74, 6) is -0.816. The molecule has 0 bridgehead atoms. The largest absolute Gasteiger partial charge is 0.352 e. The lowest BCUT2D eigenvalue weighted by Crippen LogP contribution is -2.33. The summed E-state index contributed by atoms with van der Waals surface area (Å²) in [6.45, 7) is 0.304. The molecule has 1 aliphatic carbocycles. The molecule has 1 saturated carbocycles. The van der Waals surface area contributed by atoms with Crippen LogP contribution in [0.2, 0.25) is 0 Å². The molecule has 0 saturated heterocycles.